The molecule has 0 atom stereocenters. The maximum absolute atomic E-state index is 5.34. The molecule has 0 unspecified atom stereocenters. The highest BCUT2D eigenvalue weighted by atomic mass is 127. The lowest BCUT2D eigenvalue weighted by molar-refractivity contribution is 0.180. The normalized spacial score (nSPS) is 11.4. The molecule has 1 rings (SSSR count). The minimum atomic E-state index is 0. The van der Waals surface area contributed by atoms with Crippen LogP contribution in [0.15, 0.2) is 27.8 Å². The number of rotatable bonds is 12. The van der Waals surface area contributed by atoms with Crippen LogP contribution >= 0.6 is 24.0 Å². The molecule has 1 aromatic heterocycles. The molecule has 0 aliphatic rings. The Hall–Kier alpha value is -0.800. The first-order valence-corrected chi connectivity index (χ1v) is 8.48. The van der Waals surface area contributed by atoms with Crippen LogP contribution < -0.4 is 10.6 Å². The second-order valence-corrected chi connectivity index (χ2v) is 5.56. The molecule has 0 saturated carbocycles. The zero-order chi connectivity index (χ0) is 16.8. The maximum atomic E-state index is 5.34. The van der Waals surface area contributed by atoms with Gasteiger partial charge < -0.3 is 24.7 Å². The lowest BCUT2D eigenvalue weighted by Gasteiger charge is -2.18. The zero-order valence-corrected chi connectivity index (χ0v) is 17.5. The molecule has 0 saturated heterocycles. The number of halogens is 1. The molecule has 0 aliphatic heterocycles. The Kier molecular flexibility index (Phi) is 15.2. The fourth-order valence-corrected chi connectivity index (χ4v) is 2.11. The van der Waals surface area contributed by atoms with Crippen molar-refractivity contribution in [1.29, 1.82) is 0 Å². The van der Waals surface area contributed by atoms with Crippen molar-refractivity contribution in [1.82, 2.24) is 15.5 Å². The van der Waals surface area contributed by atoms with E-state index in [1.165, 1.54) is 0 Å². The summed E-state index contributed by atoms with van der Waals surface area (Å²) in [4.78, 5) is 6.86. The van der Waals surface area contributed by atoms with Gasteiger partial charge in [-0.25, -0.2) is 0 Å². The van der Waals surface area contributed by atoms with Crippen molar-refractivity contribution in [3.05, 3.63) is 24.2 Å². The number of aliphatic imine (C=N–C) groups is 1. The quantitative estimate of drug-likeness (QED) is 0.221. The average molecular weight is 452 g/mol. The molecule has 7 heteroatoms. The summed E-state index contributed by atoms with van der Waals surface area (Å²) in [6.07, 6.45) is 4.67. The van der Waals surface area contributed by atoms with Crippen LogP contribution in [0.3, 0.4) is 0 Å². The number of likely N-dealkylation sites (N-methyl/N-ethyl adjacent to an activating group) is 1. The SMILES string of the molecule is CCCN=C(NCCc1ccco1)NCCN(C)CCCOC.I. The molecule has 2 N–H and O–H groups in total. The van der Waals surface area contributed by atoms with E-state index in [2.05, 4.69) is 34.5 Å². The summed E-state index contributed by atoms with van der Waals surface area (Å²) < 4.78 is 10.4. The first-order chi connectivity index (χ1) is 11.3. The van der Waals surface area contributed by atoms with Gasteiger partial charge in [0.15, 0.2) is 5.96 Å². The van der Waals surface area contributed by atoms with Gasteiger partial charge >= 0.3 is 0 Å². The molecule has 0 fully saturated rings. The minimum absolute atomic E-state index is 0. The second-order valence-electron chi connectivity index (χ2n) is 5.56. The Bertz CT molecular complexity index is 413. The van der Waals surface area contributed by atoms with Gasteiger partial charge in [-0.3, -0.25) is 4.99 Å². The Morgan fingerprint density at radius 1 is 1.29 bits per heavy atom. The highest BCUT2D eigenvalue weighted by molar-refractivity contribution is 14.0. The monoisotopic (exact) mass is 452 g/mol. The number of furan rings is 1. The number of guanidine groups is 1. The van der Waals surface area contributed by atoms with Gasteiger partial charge in [0.05, 0.1) is 6.26 Å². The number of hydrogen-bond donors (Lipinski definition) is 2. The van der Waals surface area contributed by atoms with Gasteiger partial charge in [0, 0.05) is 52.9 Å². The number of methoxy groups -OCH3 is 1. The summed E-state index contributed by atoms with van der Waals surface area (Å²) in [5.74, 6) is 1.87. The van der Waals surface area contributed by atoms with E-state index in [0.717, 1.165) is 70.3 Å². The van der Waals surface area contributed by atoms with Crippen LogP contribution in [0.5, 0.6) is 0 Å². The molecule has 0 amide bonds. The van der Waals surface area contributed by atoms with Crippen molar-refractivity contribution in [3.63, 3.8) is 0 Å². The van der Waals surface area contributed by atoms with Crippen LogP contribution in [-0.2, 0) is 11.2 Å². The van der Waals surface area contributed by atoms with Crippen molar-refractivity contribution < 1.29 is 9.15 Å². The predicted molar refractivity (Wildman–Crippen MR) is 110 cm³/mol. The smallest absolute Gasteiger partial charge is 0.191 e. The van der Waals surface area contributed by atoms with Gasteiger partial charge in [0.1, 0.15) is 5.76 Å². The van der Waals surface area contributed by atoms with Crippen LogP contribution in [0.25, 0.3) is 0 Å². The van der Waals surface area contributed by atoms with E-state index in [4.69, 9.17) is 9.15 Å². The number of nitrogens with zero attached hydrogens (tertiary/aromatic N) is 2. The Morgan fingerprint density at radius 3 is 2.75 bits per heavy atom. The van der Waals surface area contributed by atoms with Gasteiger partial charge in [-0.05, 0) is 32.0 Å². The fourth-order valence-electron chi connectivity index (χ4n) is 2.11. The molecule has 0 radical (unpaired) electrons. The van der Waals surface area contributed by atoms with Crippen molar-refractivity contribution in [3.8, 4) is 0 Å². The van der Waals surface area contributed by atoms with Gasteiger partial charge in [-0.2, -0.15) is 0 Å². The van der Waals surface area contributed by atoms with E-state index in [9.17, 15) is 0 Å². The van der Waals surface area contributed by atoms with Crippen molar-refractivity contribution in [2.24, 2.45) is 4.99 Å². The third kappa shape index (κ3) is 11.7. The second kappa shape index (κ2) is 15.7. The van der Waals surface area contributed by atoms with E-state index in [0.29, 0.717) is 0 Å². The number of nitrogens with one attached hydrogen (secondary N) is 2. The summed E-state index contributed by atoms with van der Waals surface area (Å²) in [7, 11) is 3.87. The molecular weight excluding hydrogens is 419 g/mol. The molecule has 24 heavy (non-hydrogen) atoms. The summed E-state index contributed by atoms with van der Waals surface area (Å²) in [5.41, 5.74) is 0. The summed E-state index contributed by atoms with van der Waals surface area (Å²) in [6, 6.07) is 3.91. The molecule has 1 heterocycles. The largest absolute Gasteiger partial charge is 0.469 e. The maximum Gasteiger partial charge on any atom is 0.191 e. The zero-order valence-electron chi connectivity index (χ0n) is 15.2. The summed E-state index contributed by atoms with van der Waals surface area (Å²) >= 11 is 0. The average Bonchev–Trinajstić information content (AvgIpc) is 3.05. The third-order valence-electron chi connectivity index (χ3n) is 3.41. The molecule has 1 aromatic rings. The topological polar surface area (TPSA) is 62.0 Å². The van der Waals surface area contributed by atoms with Crippen LogP contribution in [0.2, 0.25) is 0 Å². The standard InChI is InChI=1S/C17H32N4O2.HI/c1-4-9-18-17(19-10-8-16-7-5-15-23-16)20-11-13-21(2)12-6-14-22-3;/h5,7,15H,4,6,8-14H2,1-3H3,(H2,18,19,20);1H. The molecular formula is C17H33IN4O2. The van der Waals surface area contributed by atoms with E-state index < -0.39 is 0 Å². The lowest BCUT2D eigenvalue weighted by atomic mass is 10.3. The number of ether oxygens (including phenoxy) is 1. The van der Waals surface area contributed by atoms with Crippen molar-refractivity contribution in [2.75, 3.05) is 53.5 Å². The van der Waals surface area contributed by atoms with Gasteiger partial charge in [0.2, 0.25) is 0 Å². The minimum Gasteiger partial charge on any atom is -0.469 e. The van der Waals surface area contributed by atoms with Gasteiger partial charge in [0.25, 0.3) is 0 Å². The first kappa shape index (κ1) is 23.2. The molecule has 0 spiro atoms. The Labute approximate surface area is 163 Å². The molecule has 6 nitrogen and oxygen atoms in total. The molecule has 0 aliphatic carbocycles. The highest BCUT2D eigenvalue weighted by Crippen LogP contribution is 1.99. The van der Waals surface area contributed by atoms with Crippen molar-refractivity contribution >= 4 is 29.9 Å². The van der Waals surface area contributed by atoms with Crippen LogP contribution in [0, 0.1) is 0 Å². The van der Waals surface area contributed by atoms with Crippen LogP contribution in [-0.4, -0.2) is 64.3 Å². The third-order valence-corrected chi connectivity index (χ3v) is 3.41. The van der Waals surface area contributed by atoms with Gasteiger partial charge in [-0.1, -0.05) is 6.92 Å². The van der Waals surface area contributed by atoms with Crippen molar-refractivity contribution in [2.45, 2.75) is 26.2 Å². The molecule has 0 bridgehead atoms. The first-order valence-electron chi connectivity index (χ1n) is 8.48. The summed E-state index contributed by atoms with van der Waals surface area (Å²) in [5, 5.41) is 6.75. The van der Waals surface area contributed by atoms with Crippen LogP contribution in [0.4, 0.5) is 0 Å². The van der Waals surface area contributed by atoms with E-state index in [1.807, 2.05) is 12.1 Å². The Morgan fingerprint density at radius 2 is 2.08 bits per heavy atom. The van der Waals surface area contributed by atoms with E-state index in [-0.39, 0.29) is 24.0 Å². The lowest BCUT2D eigenvalue weighted by Crippen LogP contribution is -2.42. The number of hydrogen-bond acceptors (Lipinski definition) is 4. The van der Waals surface area contributed by atoms with E-state index >= 15 is 0 Å². The van der Waals surface area contributed by atoms with Crippen LogP contribution in [0.1, 0.15) is 25.5 Å². The van der Waals surface area contributed by atoms with Gasteiger partial charge in [-0.15, -0.1) is 24.0 Å². The predicted octanol–water partition coefficient (Wildman–Crippen LogP) is 2.35. The van der Waals surface area contributed by atoms with E-state index in [1.54, 1.807) is 13.4 Å². The summed E-state index contributed by atoms with van der Waals surface area (Å²) in [6.45, 7) is 7.49. The fraction of sp³-hybridized carbons (Fsp3) is 0.706. The Balaban J connectivity index is 0.00000529. The molecule has 140 valence electrons. The molecule has 0 aromatic carbocycles. The highest BCUT2D eigenvalue weighted by Gasteiger charge is 2.02.